The molecule has 1 N–H and O–H groups in total. The first-order valence-electron chi connectivity index (χ1n) is 6.33. The van der Waals surface area contributed by atoms with Gasteiger partial charge in [-0.15, -0.1) is 5.10 Å². The Bertz CT molecular complexity index is 486. The summed E-state index contributed by atoms with van der Waals surface area (Å²) >= 11 is 0. The van der Waals surface area contributed by atoms with Crippen LogP contribution in [0.25, 0.3) is 11.5 Å². The van der Waals surface area contributed by atoms with Gasteiger partial charge in [0.2, 0.25) is 0 Å². The lowest BCUT2D eigenvalue weighted by atomic mass is 10.1. The minimum atomic E-state index is 0.390. The van der Waals surface area contributed by atoms with E-state index in [0.717, 1.165) is 31.6 Å². The molecule has 0 radical (unpaired) electrons. The van der Waals surface area contributed by atoms with Gasteiger partial charge in [0, 0.05) is 12.4 Å². The first-order chi connectivity index (χ1) is 8.95. The van der Waals surface area contributed by atoms with E-state index in [4.69, 9.17) is 0 Å². The molecule has 18 heavy (non-hydrogen) atoms. The molecular weight excluding hydrogens is 228 g/mol. The smallest absolute Gasteiger partial charge is 0.179 e. The lowest BCUT2D eigenvalue weighted by Gasteiger charge is -2.15. The van der Waals surface area contributed by atoms with Gasteiger partial charge in [-0.2, -0.15) is 0 Å². The van der Waals surface area contributed by atoms with Crippen LogP contribution in [-0.2, 0) is 0 Å². The zero-order chi connectivity index (χ0) is 12.2. The lowest BCUT2D eigenvalue weighted by molar-refractivity contribution is 0.408. The second-order valence-corrected chi connectivity index (χ2v) is 4.47. The molecule has 2 aromatic heterocycles. The number of hydrogen-bond donors (Lipinski definition) is 1. The van der Waals surface area contributed by atoms with Gasteiger partial charge < -0.3 is 5.32 Å². The van der Waals surface area contributed by atoms with Gasteiger partial charge in [-0.1, -0.05) is 5.21 Å². The number of aromatic nitrogens is 5. The van der Waals surface area contributed by atoms with Crippen LogP contribution in [0, 0.1) is 0 Å². The highest BCUT2D eigenvalue weighted by molar-refractivity contribution is 5.46. The van der Waals surface area contributed by atoms with Crippen LogP contribution in [0.3, 0.4) is 0 Å². The molecule has 2 aromatic rings. The Kier molecular flexibility index (Phi) is 3.27. The van der Waals surface area contributed by atoms with Gasteiger partial charge in [0.1, 0.15) is 5.69 Å². The van der Waals surface area contributed by atoms with Crippen molar-refractivity contribution in [1.82, 2.24) is 30.3 Å². The van der Waals surface area contributed by atoms with Crippen molar-refractivity contribution in [2.24, 2.45) is 0 Å². The van der Waals surface area contributed by atoms with Crippen LogP contribution < -0.4 is 5.32 Å². The third-order valence-electron chi connectivity index (χ3n) is 3.26. The fourth-order valence-corrected chi connectivity index (χ4v) is 2.35. The van der Waals surface area contributed by atoms with Crippen LogP contribution >= 0.6 is 0 Å². The Labute approximate surface area is 105 Å². The van der Waals surface area contributed by atoms with Crippen molar-refractivity contribution < 1.29 is 0 Å². The van der Waals surface area contributed by atoms with Gasteiger partial charge in [-0.25, -0.2) is 14.6 Å². The molecule has 6 heteroatoms. The lowest BCUT2D eigenvalue weighted by Crippen LogP contribution is -2.16. The van der Waals surface area contributed by atoms with Crippen LogP contribution in [0.15, 0.2) is 24.7 Å². The Hall–Kier alpha value is -1.82. The molecule has 0 amide bonds. The molecule has 0 aromatic carbocycles. The van der Waals surface area contributed by atoms with Gasteiger partial charge in [-0.05, 0) is 38.4 Å². The third kappa shape index (κ3) is 2.24. The van der Waals surface area contributed by atoms with Crippen LogP contribution in [0.5, 0.6) is 0 Å². The molecule has 1 unspecified atom stereocenters. The highest BCUT2D eigenvalue weighted by Gasteiger charge is 2.19. The maximum atomic E-state index is 4.27. The molecule has 0 spiro atoms. The molecular formula is C12H16N6. The predicted octanol–water partition coefficient (Wildman–Crippen LogP) is 1.05. The van der Waals surface area contributed by atoms with E-state index in [2.05, 4.69) is 25.6 Å². The summed E-state index contributed by atoms with van der Waals surface area (Å²) in [4.78, 5) is 8.55. The summed E-state index contributed by atoms with van der Waals surface area (Å²) in [5.41, 5.74) is 0.905. The summed E-state index contributed by atoms with van der Waals surface area (Å²) in [7, 11) is 0. The van der Waals surface area contributed by atoms with Crippen molar-refractivity contribution in [2.45, 2.75) is 25.3 Å². The van der Waals surface area contributed by atoms with E-state index < -0.39 is 0 Å². The zero-order valence-electron chi connectivity index (χ0n) is 10.2. The quantitative estimate of drug-likeness (QED) is 0.855. The zero-order valence-corrected chi connectivity index (χ0v) is 10.2. The molecule has 1 aliphatic heterocycles. The molecule has 3 heterocycles. The van der Waals surface area contributed by atoms with E-state index in [1.807, 2.05) is 10.7 Å². The average Bonchev–Trinajstić information content (AvgIpc) is 2.75. The standard InChI is InChI=1S/C12H16N6/c1-3-10(4-8-13-5-1)18-11(9-16-17-18)12-14-6-2-7-15-12/h2,6-7,9-10,13H,1,3-5,8H2. The van der Waals surface area contributed by atoms with Crippen molar-refractivity contribution in [2.75, 3.05) is 13.1 Å². The normalized spacial score (nSPS) is 20.6. The second-order valence-electron chi connectivity index (χ2n) is 4.47. The van der Waals surface area contributed by atoms with Gasteiger partial charge in [0.05, 0.1) is 12.2 Å². The first-order valence-corrected chi connectivity index (χ1v) is 6.33. The molecule has 1 saturated heterocycles. The Morgan fingerprint density at radius 2 is 2.06 bits per heavy atom. The molecule has 0 saturated carbocycles. The maximum absolute atomic E-state index is 4.27. The molecule has 1 fully saturated rings. The number of nitrogens with zero attached hydrogens (tertiary/aromatic N) is 5. The molecule has 1 atom stereocenters. The molecule has 3 rings (SSSR count). The summed E-state index contributed by atoms with van der Waals surface area (Å²) in [5.74, 6) is 0.694. The monoisotopic (exact) mass is 244 g/mol. The summed E-state index contributed by atoms with van der Waals surface area (Å²) in [5, 5.41) is 11.6. The van der Waals surface area contributed by atoms with Crippen molar-refractivity contribution in [3.8, 4) is 11.5 Å². The number of hydrogen-bond acceptors (Lipinski definition) is 5. The second kappa shape index (κ2) is 5.22. The fraction of sp³-hybridized carbons (Fsp3) is 0.500. The molecule has 0 aliphatic carbocycles. The molecule has 1 aliphatic rings. The topological polar surface area (TPSA) is 68.5 Å². The molecule has 94 valence electrons. The van der Waals surface area contributed by atoms with E-state index in [0.29, 0.717) is 11.9 Å². The highest BCUT2D eigenvalue weighted by Crippen LogP contribution is 2.24. The van der Waals surface area contributed by atoms with Crippen LogP contribution in [0.1, 0.15) is 25.3 Å². The number of nitrogens with one attached hydrogen (secondary N) is 1. The van der Waals surface area contributed by atoms with Crippen LogP contribution in [0.2, 0.25) is 0 Å². The summed E-state index contributed by atoms with van der Waals surface area (Å²) in [6.45, 7) is 2.11. The van der Waals surface area contributed by atoms with E-state index in [9.17, 15) is 0 Å². The highest BCUT2D eigenvalue weighted by atomic mass is 15.4. The van der Waals surface area contributed by atoms with Gasteiger partial charge in [0.15, 0.2) is 5.82 Å². The van der Waals surface area contributed by atoms with Crippen LogP contribution in [-0.4, -0.2) is 38.1 Å². The van der Waals surface area contributed by atoms with Crippen LogP contribution in [0.4, 0.5) is 0 Å². The van der Waals surface area contributed by atoms with E-state index in [-0.39, 0.29) is 0 Å². The van der Waals surface area contributed by atoms with E-state index in [1.54, 1.807) is 18.6 Å². The van der Waals surface area contributed by atoms with E-state index in [1.165, 1.54) is 6.42 Å². The maximum Gasteiger partial charge on any atom is 0.179 e. The van der Waals surface area contributed by atoms with Crippen molar-refractivity contribution in [3.63, 3.8) is 0 Å². The summed E-state index contributed by atoms with van der Waals surface area (Å²) < 4.78 is 1.97. The summed E-state index contributed by atoms with van der Waals surface area (Å²) in [6.07, 6.45) is 8.59. The van der Waals surface area contributed by atoms with Crippen molar-refractivity contribution in [1.29, 1.82) is 0 Å². The van der Waals surface area contributed by atoms with Gasteiger partial charge in [-0.3, -0.25) is 0 Å². The largest absolute Gasteiger partial charge is 0.317 e. The fourth-order valence-electron chi connectivity index (χ4n) is 2.35. The SMILES string of the molecule is c1cnc(-c2cnnn2C2CCCNCC2)nc1. The summed E-state index contributed by atoms with van der Waals surface area (Å²) in [6, 6.07) is 2.20. The average molecular weight is 244 g/mol. The first kappa shape index (κ1) is 11.3. The Morgan fingerprint density at radius 1 is 1.17 bits per heavy atom. The van der Waals surface area contributed by atoms with Crippen molar-refractivity contribution in [3.05, 3.63) is 24.7 Å². The van der Waals surface area contributed by atoms with Gasteiger partial charge >= 0.3 is 0 Å². The minimum absolute atomic E-state index is 0.390. The number of rotatable bonds is 2. The van der Waals surface area contributed by atoms with Gasteiger partial charge in [0.25, 0.3) is 0 Å². The predicted molar refractivity (Wildman–Crippen MR) is 66.8 cm³/mol. The Morgan fingerprint density at radius 3 is 2.94 bits per heavy atom. The molecule has 0 bridgehead atoms. The van der Waals surface area contributed by atoms with Crippen molar-refractivity contribution >= 4 is 0 Å². The molecule has 6 nitrogen and oxygen atoms in total. The van der Waals surface area contributed by atoms with E-state index >= 15 is 0 Å². The minimum Gasteiger partial charge on any atom is -0.317 e. The third-order valence-corrected chi connectivity index (χ3v) is 3.26. The Balaban J connectivity index is 1.91.